The number of fused-ring (bicyclic) bond motifs is 1. The molecule has 0 aliphatic rings. The number of carbonyl (C=O) groups excluding carboxylic acids is 2. The minimum atomic E-state index is -0.630. The monoisotopic (exact) mass is 323 g/mol. The number of pyridine rings is 1. The molecule has 0 bridgehead atoms. The molecule has 3 rings (SSSR count). The topological polar surface area (TPSA) is 72.7 Å². The Bertz CT molecular complexity index is 882. The highest BCUT2D eigenvalue weighted by atomic mass is 16.5. The number of carbonyl (C=O) groups is 2. The fourth-order valence-corrected chi connectivity index (χ4v) is 2.31. The van der Waals surface area contributed by atoms with Crippen LogP contribution in [0.15, 0.2) is 48.8 Å². The van der Waals surface area contributed by atoms with Gasteiger partial charge in [-0.25, -0.2) is 9.78 Å². The van der Waals surface area contributed by atoms with Gasteiger partial charge in [0, 0.05) is 18.1 Å². The Morgan fingerprint density at radius 3 is 2.79 bits per heavy atom. The Labute approximate surface area is 139 Å². The van der Waals surface area contributed by atoms with Crippen molar-refractivity contribution in [3.63, 3.8) is 0 Å². The van der Waals surface area contributed by atoms with E-state index in [4.69, 9.17) is 4.74 Å². The molecular formula is C18H17N3O3. The lowest BCUT2D eigenvalue weighted by atomic mass is 10.1. The molecule has 0 saturated heterocycles. The van der Waals surface area contributed by atoms with Crippen LogP contribution in [0.2, 0.25) is 0 Å². The molecule has 24 heavy (non-hydrogen) atoms. The molecule has 0 saturated carbocycles. The lowest BCUT2D eigenvalue weighted by Gasteiger charge is -2.10. The van der Waals surface area contributed by atoms with Crippen LogP contribution < -0.4 is 5.32 Å². The molecular weight excluding hydrogens is 306 g/mol. The van der Waals surface area contributed by atoms with E-state index in [0.29, 0.717) is 11.3 Å². The van der Waals surface area contributed by atoms with Crippen LogP contribution in [-0.2, 0) is 9.53 Å². The Morgan fingerprint density at radius 1 is 1.17 bits per heavy atom. The zero-order valence-corrected chi connectivity index (χ0v) is 13.4. The zero-order chi connectivity index (χ0) is 17.1. The van der Waals surface area contributed by atoms with E-state index in [1.807, 2.05) is 44.2 Å². The van der Waals surface area contributed by atoms with Crippen molar-refractivity contribution < 1.29 is 14.3 Å². The summed E-state index contributed by atoms with van der Waals surface area (Å²) in [6.45, 7) is 3.53. The van der Waals surface area contributed by atoms with Gasteiger partial charge in [0.2, 0.25) is 0 Å². The van der Waals surface area contributed by atoms with Crippen LogP contribution >= 0.6 is 0 Å². The third-order valence-electron chi connectivity index (χ3n) is 3.79. The number of hydrogen-bond acceptors (Lipinski definition) is 4. The zero-order valence-electron chi connectivity index (χ0n) is 13.4. The number of nitrogens with one attached hydrogen (secondary N) is 1. The second-order valence-corrected chi connectivity index (χ2v) is 5.46. The Kier molecular flexibility index (Phi) is 4.29. The fourth-order valence-electron chi connectivity index (χ4n) is 2.31. The van der Waals surface area contributed by atoms with Crippen LogP contribution in [0.5, 0.6) is 0 Å². The average Bonchev–Trinajstić information content (AvgIpc) is 3.01. The Hall–Kier alpha value is -3.15. The van der Waals surface area contributed by atoms with Gasteiger partial charge in [0.25, 0.3) is 5.91 Å². The number of ether oxygens (including phenoxy) is 1. The van der Waals surface area contributed by atoms with Crippen LogP contribution in [0.1, 0.15) is 21.6 Å². The van der Waals surface area contributed by atoms with Crippen LogP contribution in [0.3, 0.4) is 0 Å². The number of imidazole rings is 1. The fraction of sp³-hybridized carbons (Fsp3) is 0.167. The summed E-state index contributed by atoms with van der Waals surface area (Å²) in [6, 6.07) is 11.1. The summed E-state index contributed by atoms with van der Waals surface area (Å²) in [6.07, 6.45) is 3.35. The summed E-state index contributed by atoms with van der Waals surface area (Å²) in [7, 11) is 0. The molecule has 0 spiro atoms. The van der Waals surface area contributed by atoms with E-state index in [1.165, 1.54) is 0 Å². The standard InChI is InChI=1S/C18H17N3O3/c1-12-6-5-7-14(13(12)2)20-17(22)11-24-18(23)15-10-21-9-4-3-8-16(21)19-15/h3-10H,11H2,1-2H3,(H,20,22). The molecule has 0 aliphatic heterocycles. The molecule has 2 heterocycles. The predicted octanol–water partition coefficient (Wildman–Crippen LogP) is 2.75. The first-order chi connectivity index (χ1) is 11.5. The van der Waals surface area contributed by atoms with Gasteiger partial charge in [0.15, 0.2) is 12.3 Å². The lowest BCUT2D eigenvalue weighted by molar-refractivity contribution is -0.119. The third kappa shape index (κ3) is 3.27. The van der Waals surface area contributed by atoms with Gasteiger partial charge >= 0.3 is 5.97 Å². The number of anilines is 1. The minimum Gasteiger partial charge on any atom is -0.451 e. The van der Waals surface area contributed by atoms with E-state index >= 15 is 0 Å². The molecule has 122 valence electrons. The third-order valence-corrected chi connectivity index (χ3v) is 3.79. The molecule has 0 radical (unpaired) electrons. The molecule has 0 aliphatic carbocycles. The molecule has 0 atom stereocenters. The summed E-state index contributed by atoms with van der Waals surface area (Å²) < 4.78 is 6.75. The van der Waals surface area contributed by atoms with E-state index < -0.39 is 5.97 Å². The average molecular weight is 323 g/mol. The maximum atomic E-state index is 12.0. The summed E-state index contributed by atoms with van der Waals surface area (Å²) in [5.41, 5.74) is 3.58. The first-order valence-corrected chi connectivity index (χ1v) is 7.51. The van der Waals surface area contributed by atoms with E-state index in [0.717, 1.165) is 11.1 Å². The molecule has 6 nitrogen and oxygen atoms in total. The first-order valence-electron chi connectivity index (χ1n) is 7.51. The van der Waals surface area contributed by atoms with Gasteiger partial charge in [-0.05, 0) is 43.2 Å². The van der Waals surface area contributed by atoms with Crippen molar-refractivity contribution in [3.05, 3.63) is 65.6 Å². The maximum Gasteiger partial charge on any atom is 0.359 e. The van der Waals surface area contributed by atoms with Gasteiger partial charge in [-0.2, -0.15) is 0 Å². The number of aromatic nitrogens is 2. The number of rotatable bonds is 4. The van der Waals surface area contributed by atoms with Gasteiger partial charge in [0.05, 0.1) is 0 Å². The number of benzene rings is 1. The van der Waals surface area contributed by atoms with Crippen molar-refractivity contribution in [3.8, 4) is 0 Å². The predicted molar refractivity (Wildman–Crippen MR) is 90.0 cm³/mol. The number of esters is 1. The smallest absolute Gasteiger partial charge is 0.359 e. The van der Waals surface area contributed by atoms with Crippen molar-refractivity contribution in [1.29, 1.82) is 0 Å². The molecule has 1 amide bonds. The quantitative estimate of drug-likeness (QED) is 0.749. The summed E-state index contributed by atoms with van der Waals surface area (Å²) >= 11 is 0. The van der Waals surface area contributed by atoms with Crippen molar-refractivity contribution in [1.82, 2.24) is 9.38 Å². The molecule has 1 N–H and O–H groups in total. The first kappa shape index (κ1) is 15.7. The highest BCUT2D eigenvalue weighted by Gasteiger charge is 2.14. The normalized spacial score (nSPS) is 10.6. The highest BCUT2D eigenvalue weighted by Crippen LogP contribution is 2.17. The van der Waals surface area contributed by atoms with Gasteiger partial charge < -0.3 is 14.5 Å². The largest absolute Gasteiger partial charge is 0.451 e. The van der Waals surface area contributed by atoms with Crippen molar-refractivity contribution in [2.75, 3.05) is 11.9 Å². The van der Waals surface area contributed by atoms with Gasteiger partial charge in [0.1, 0.15) is 5.65 Å². The molecule has 6 heteroatoms. The molecule has 3 aromatic rings. The van der Waals surface area contributed by atoms with E-state index in [1.54, 1.807) is 22.9 Å². The summed E-state index contributed by atoms with van der Waals surface area (Å²) in [4.78, 5) is 28.1. The van der Waals surface area contributed by atoms with Crippen molar-refractivity contribution in [2.45, 2.75) is 13.8 Å². The van der Waals surface area contributed by atoms with Crippen molar-refractivity contribution >= 4 is 23.2 Å². The number of nitrogens with zero attached hydrogens (tertiary/aromatic N) is 2. The van der Waals surface area contributed by atoms with E-state index in [9.17, 15) is 9.59 Å². The van der Waals surface area contributed by atoms with E-state index in [-0.39, 0.29) is 18.2 Å². The maximum absolute atomic E-state index is 12.0. The number of hydrogen-bond donors (Lipinski definition) is 1. The highest BCUT2D eigenvalue weighted by molar-refractivity contribution is 5.95. The van der Waals surface area contributed by atoms with Gasteiger partial charge in [-0.15, -0.1) is 0 Å². The number of aryl methyl sites for hydroxylation is 1. The second-order valence-electron chi connectivity index (χ2n) is 5.46. The lowest BCUT2D eigenvalue weighted by Crippen LogP contribution is -2.21. The molecule has 0 fully saturated rings. The van der Waals surface area contributed by atoms with E-state index in [2.05, 4.69) is 10.3 Å². The summed E-state index contributed by atoms with van der Waals surface area (Å²) in [5, 5.41) is 2.74. The SMILES string of the molecule is Cc1cccc(NC(=O)COC(=O)c2cn3ccccc3n2)c1C. The molecule has 1 aromatic carbocycles. The second kappa shape index (κ2) is 6.54. The van der Waals surface area contributed by atoms with Crippen LogP contribution in [0, 0.1) is 13.8 Å². The van der Waals surface area contributed by atoms with Crippen LogP contribution in [0.4, 0.5) is 5.69 Å². The van der Waals surface area contributed by atoms with Crippen LogP contribution in [-0.4, -0.2) is 27.9 Å². The minimum absolute atomic E-state index is 0.167. The van der Waals surface area contributed by atoms with Gasteiger partial charge in [-0.1, -0.05) is 18.2 Å². The van der Waals surface area contributed by atoms with Crippen molar-refractivity contribution in [2.24, 2.45) is 0 Å². The Morgan fingerprint density at radius 2 is 2.00 bits per heavy atom. The van der Waals surface area contributed by atoms with Crippen LogP contribution in [0.25, 0.3) is 5.65 Å². The molecule has 2 aromatic heterocycles. The Balaban J connectivity index is 1.61. The van der Waals surface area contributed by atoms with Gasteiger partial charge in [-0.3, -0.25) is 4.79 Å². The summed E-state index contributed by atoms with van der Waals surface area (Å²) in [5.74, 6) is -1.02. The number of amides is 1. The molecule has 0 unspecified atom stereocenters.